The van der Waals surface area contributed by atoms with Crippen LogP contribution in [-0.4, -0.2) is 54.5 Å². The molecule has 0 bridgehead atoms. The molecule has 7 nitrogen and oxygen atoms in total. The number of fused-ring (bicyclic) bond motifs is 1. The third-order valence-corrected chi connectivity index (χ3v) is 5.00. The summed E-state index contributed by atoms with van der Waals surface area (Å²) in [6, 6.07) is 3.71. The Bertz CT molecular complexity index is 892. The molecule has 3 rings (SSSR count). The van der Waals surface area contributed by atoms with E-state index in [-0.39, 0.29) is 11.2 Å². The Hall–Kier alpha value is -2.54. The molecule has 0 atom stereocenters. The molecule has 0 saturated heterocycles. The average molecular weight is 412 g/mol. The number of ketones is 1. The number of aromatic nitrogens is 3. The minimum absolute atomic E-state index is 0.0195. The fraction of sp³-hybridized carbons (Fsp3) is 0.565. The van der Waals surface area contributed by atoms with Gasteiger partial charge in [-0.15, -0.1) is 0 Å². The molecule has 2 aromatic rings. The molecule has 1 aliphatic rings. The van der Waals surface area contributed by atoms with E-state index in [0.29, 0.717) is 31.1 Å². The van der Waals surface area contributed by atoms with Crippen LogP contribution in [0.2, 0.25) is 0 Å². The highest BCUT2D eigenvalue weighted by Gasteiger charge is 2.24. The van der Waals surface area contributed by atoms with Gasteiger partial charge in [0.2, 0.25) is 0 Å². The Labute approximate surface area is 179 Å². The van der Waals surface area contributed by atoms with Crippen LogP contribution >= 0.6 is 0 Å². The van der Waals surface area contributed by atoms with Crippen molar-refractivity contribution in [3.63, 3.8) is 0 Å². The van der Waals surface area contributed by atoms with E-state index >= 15 is 0 Å². The van der Waals surface area contributed by atoms with Gasteiger partial charge in [-0.2, -0.15) is 0 Å². The van der Waals surface area contributed by atoms with Gasteiger partial charge in [0, 0.05) is 43.5 Å². The SMILES string of the molecule is CNCCOc1ccnc(-c2nc3c(c(N(C)CC(=O)CC(C)(C)C)n2)CCC3)c1. The molecule has 7 heteroatoms. The number of ether oxygens (including phenoxy) is 1. The third kappa shape index (κ3) is 5.75. The predicted molar refractivity (Wildman–Crippen MR) is 119 cm³/mol. The molecule has 0 unspecified atom stereocenters. The second-order valence-electron chi connectivity index (χ2n) is 9.11. The Morgan fingerprint density at radius 3 is 2.80 bits per heavy atom. The second kappa shape index (κ2) is 9.51. The zero-order valence-electron chi connectivity index (χ0n) is 18.8. The predicted octanol–water partition coefficient (Wildman–Crippen LogP) is 3.07. The first-order chi connectivity index (χ1) is 14.3. The smallest absolute Gasteiger partial charge is 0.180 e. The Morgan fingerprint density at radius 1 is 1.27 bits per heavy atom. The first kappa shape index (κ1) is 22.2. The number of Topliss-reactive ketones (excluding diaryl/α,β-unsaturated/α-hetero) is 1. The van der Waals surface area contributed by atoms with Crippen LogP contribution in [0.15, 0.2) is 18.3 Å². The minimum atomic E-state index is -0.0195. The fourth-order valence-electron chi connectivity index (χ4n) is 3.72. The highest BCUT2D eigenvalue weighted by Crippen LogP contribution is 2.31. The molecule has 1 aliphatic carbocycles. The third-order valence-electron chi connectivity index (χ3n) is 5.00. The van der Waals surface area contributed by atoms with Crippen LogP contribution in [0.25, 0.3) is 11.5 Å². The number of pyridine rings is 1. The standard InChI is InChI=1S/C23H33N5O2/c1-23(2,3)14-16(29)15-28(5)22-18-7-6-8-19(18)26-21(27-22)20-13-17(9-10-25-20)30-12-11-24-4/h9-10,13,24H,6-8,11-12,14-15H2,1-5H3. The van der Waals surface area contributed by atoms with Crippen LogP contribution < -0.4 is 15.0 Å². The van der Waals surface area contributed by atoms with Gasteiger partial charge >= 0.3 is 0 Å². The molecule has 0 spiro atoms. The molecule has 0 aromatic carbocycles. The number of rotatable bonds is 9. The summed E-state index contributed by atoms with van der Waals surface area (Å²) < 4.78 is 5.76. The van der Waals surface area contributed by atoms with Gasteiger partial charge in [-0.05, 0) is 37.8 Å². The van der Waals surface area contributed by atoms with E-state index in [1.54, 1.807) is 6.20 Å². The monoisotopic (exact) mass is 411 g/mol. The van der Waals surface area contributed by atoms with Crippen molar-refractivity contribution < 1.29 is 9.53 Å². The van der Waals surface area contributed by atoms with Crippen molar-refractivity contribution in [2.45, 2.75) is 46.5 Å². The maximum Gasteiger partial charge on any atom is 0.180 e. The highest BCUT2D eigenvalue weighted by atomic mass is 16.5. The van der Waals surface area contributed by atoms with E-state index in [0.717, 1.165) is 48.6 Å². The van der Waals surface area contributed by atoms with Crippen LogP contribution in [0, 0.1) is 5.41 Å². The largest absolute Gasteiger partial charge is 0.492 e. The van der Waals surface area contributed by atoms with E-state index < -0.39 is 0 Å². The summed E-state index contributed by atoms with van der Waals surface area (Å²) in [4.78, 5) is 28.6. The van der Waals surface area contributed by atoms with Crippen molar-refractivity contribution in [1.82, 2.24) is 20.3 Å². The van der Waals surface area contributed by atoms with Gasteiger partial charge in [-0.25, -0.2) is 9.97 Å². The Kier molecular flexibility index (Phi) is 7.02. The number of carbonyl (C=O) groups is 1. The zero-order chi connectivity index (χ0) is 21.7. The van der Waals surface area contributed by atoms with E-state index in [2.05, 4.69) is 31.1 Å². The summed E-state index contributed by atoms with van der Waals surface area (Å²) in [6.45, 7) is 7.95. The number of aryl methyl sites for hydroxylation is 1. The Morgan fingerprint density at radius 2 is 2.07 bits per heavy atom. The van der Waals surface area contributed by atoms with Gasteiger partial charge in [-0.3, -0.25) is 9.78 Å². The summed E-state index contributed by atoms with van der Waals surface area (Å²) in [6.07, 6.45) is 5.20. The van der Waals surface area contributed by atoms with Gasteiger partial charge in [0.25, 0.3) is 0 Å². The van der Waals surface area contributed by atoms with Crippen LogP contribution in [0.5, 0.6) is 5.75 Å². The van der Waals surface area contributed by atoms with E-state index in [1.165, 1.54) is 0 Å². The van der Waals surface area contributed by atoms with Gasteiger partial charge in [0.05, 0.1) is 6.54 Å². The van der Waals surface area contributed by atoms with Crippen molar-refractivity contribution in [3.05, 3.63) is 29.6 Å². The molecule has 0 amide bonds. The maximum absolute atomic E-state index is 12.5. The molecule has 0 saturated carbocycles. The number of likely N-dealkylation sites (N-methyl/N-ethyl adjacent to an activating group) is 2. The molecule has 0 aliphatic heterocycles. The molecule has 1 N–H and O–H groups in total. The summed E-state index contributed by atoms with van der Waals surface area (Å²) in [5.74, 6) is 2.39. The number of nitrogens with zero attached hydrogens (tertiary/aromatic N) is 4. The number of anilines is 1. The van der Waals surface area contributed by atoms with Crippen molar-refractivity contribution in [2.75, 3.05) is 38.7 Å². The van der Waals surface area contributed by atoms with Crippen molar-refractivity contribution >= 4 is 11.6 Å². The summed E-state index contributed by atoms with van der Waals surface area (Å²) in [5.41, 5.74) is 2.89. The molecule has 30 heavy (non-hydrogen) atoms. The van der Waals surface area contributed by atoms with Gasteiger partial charge < -0.3 is 15.0 Å². The lowest BCUT2D eigenvalue weighted by Gasteiger charge is -2.23. The summed E-state index contributed by atoms with van der Waals surface area (Å²) in [5, 5.41) is 3.06. The van der Waals surface area contributed by atoms with Crippen LogP contribution in [0.1, 0.15) is 44.9 Å². The highest BCUT2D eigenvalue weighted by molar-refractivity contribution is 5.84. The first-order valence-corrected chi connectivity index (χ1v) is 10.6. The average Bonchev–Trinajstić information content (AvgIpc) is 3.14. The first-order valence-electron chi connectivity index (χ1n) is 10.6. The zero-order valence-corrected chi connectivity index (χ0v) is 18.8. The van der Waals surface area contributed by atoms with E-state index in [9.17, 15) is 4.79 Å². The van der Waals surface area contributed by atoms with Crippen molar-refractivity contribution in [3.8, 4) is 17.3 Å². The number of hydrogen-bond donors (Lipinski definition) is 1. The van der Waals surface area contributed by atoms with Gasteiger partial charge in [0.15, 0.2) is 11.6 Å². The van der Waals surface area contributed by atoms with E-state index in [4.69, 9.17) is 14.7 Å². The molecular formula is C23H33N5O2. The quantitative estimate of drug-likeness (QED) is 0.635. The number of hydrogen-bond acceptors (Lipinski definition) is 7. The van der Waals surface area contributed by atoms with Crippen LogP contribution in [0.4, 0.5) is 5.82 Å². The molecular weight excluding hydrogens is 378 g/mol. The maximum atomic E-state index is 12.5. The topological polar surface area (TPSA) is 80.2 Å². The van der Waals surface area contributed by atoms with E-state index in [1.807, 2.05) is 31.1 Å². The van der Waals surface area contributed by atoms with Gasteiger partial charge in [-0.1, -0.05) is 20.8 Å². The van der Waals surface area contributed by atoms with Crippen molar-refractivity contribution in [2.24, 2.45) is 5.41 Å². The van der Waals surface area contributed by atoms with Crippen molar-refractivity contribution in [1.29, 1.82) is 0 Å². The second-order valence-corrected chi connectivity index (χ2v) is 9.11. The Balaban J connectivity index is 1.86. The molecule has 2 aromatic heterocycles. The number of carbonyl (C=O) groups excluding carboxylic acids is 1. The lowest BCUT2D eigenvalue weighted by molar-refractivity contribution is -0.119. The molecule has 0 fully saturated rings. The minimum Gasteiger partial charge on any atom is -0.492 e. The normalized spacial score (nSPS) is 13.2. The van der Waals surface area contributed by atoms with Gasteiger partial charge in [0.1, 0.15) is 23.9 Å². The van der Waals surface area contributed by atoms with Crippen LogP contribution in [0.3, 0.4) is 0 Å². The molecule has 0 radical (unpaired) electrons. The molecule has 2 heterocycles. The summed E-state index contributed by atoms with van der Waals surface area (Å²) in [7, 11) is 3.83. The summed E-state index contributed by atoms with van der Waals surface area (Å²) >= 11 is 0. The molecule has 162 valence electrons. The fourth-order valence-corrected chi connectivity index (χ4v) is 3.72. The number of nitrogens with one attached hydrogen (secondary N) is 1. The lowest BCUT2D eigenvalue weighted by atomic mass is 9.90. The van der Waals surface area contributed by atoms with Crippen LogP contribution in [-0.2, 0) is 17.6 Å². The lowest BCUT2D eigenvalue weighted by Crippen LogP contribution is -2.30.